The first-order chi connectivity index (χ1) is 15.4. The van der Waals surface area contributed by atoms with E-state index in [-0.39, 0.29) is 25.6 Å². The first-order valence-corrected chi connectivity index (χ1v) is 11.8. The molecule has 0 radical (unpaired) electrons. The van der Waals surface area contributed by atoms with Crippen LogP contribution in [0.25, 0.3) is 11.5 Å². The molecule has 0 aliphatic heterocycles. The third-order valence-electron chi connectivity index (χ3n) is 4.55. The maximum absolute atomic E-state index is 14.8. The van der Waals surface area contributed by atoms with Crippen molar-refractivity contribution in [2.24, 2.45) is 5.73 Å². The smallest absolute Gasteiger partial charge is 0.389 e. The Kier molecular flexibility index (Phi) is 7.46. The van der Waals surface area contributed by atoms with Gasteiger partial charge in [-0.2, -0.15) is 17.5 Å². The third-order valence-corrected chi connectivity index (χ3v) is 8.10. The number of hydrogen-bond acceptors (Lipinski definition) is 6. The van der Waals surface area contributed by atoms with Crippen molar-refractivity contribution in [2.75, 3.05) is 0 Å². The van der Waals surface area contributed by atoms with Crippen LogP contribution < -0.4 is 5.73 Å². The number of rotatable bonds is 9. The summed E-state index contributed by atoms with van der Waals surface area (Å²) in [6, 6.07) is 4.18. The van der Waals surface area contributed by atoms with Crippen LogP contribution >= 0.6 is 22.9 Å². The van der Waals surface area contributed by atoms with Crippen molar-refractivity contribution in [3.63, 3.8) is 0 Å². The number of amides is 1. The molecule has 3 rings (SSSR count). The van der Waals surface area contributed by atoms with Crippen LogP contribution in [0, 0.1) is 5.82 Å². The summed E-state index contributed by atoms with van der Waals surface area (Å²) in [6.45, 7) is -0.749. The van der Waals surface area contributed by atoms with Gasteiger partial charge in [-0.1, -0.05) is 17.7 Å². The van der Waals surface area contributed by atoms with Gasteiger partial charge in [0.2, 0.25) is 11.8 Å². The highest BCUT2D eigenvalue weighted by Crippen LogP contribution is 2.33. The predicted molar refractivity (Wildman–Crippen MR) is 112 cm³/mol. The van der Waals surface area contributed by atoms with Gasteiger partial charge in [-0.3, -0.25) is 4.79 Å². The fraction of sp³-hybridized carbons (Fsp3) is 0.263. The molecule has 2 heterocycles. The minimum Gasteiger partial charge on any atom is -0.445 e. The van der Waals surface area contributed by atoms with Crippen molar-refractivity contribution in [3.8, 4) is 11.5 Å². The molecule has 1 atom stereocenters. The lowest BCUT2D eigenvalue weighted by molar-refractivity contribution is -0.140. The van der Waals surface area contributed by atoms with Gasteiger partial charge in [-0.25, -0.2) is 17.8 Å². The van der Waals surface area contributed by atoms with Crippen LogP contribution in [0.5, 0.6) is 0 Å². The van der Waals surface area contributed by atoms with Gasteiger partial charge < -0.3 is 10.2 Å². The molecule has 0 saturated carbocycles. The zero-order chi connectivity index (χ0) is 24.4. The summed E-state index contributed by atoms with van der Waals surface area (Å²) >= 11 is 6.44. The Morgan fingerprint density at radius 1 is 1.27 bits per heavy atom. The first-order valence-electron chi connectivity index (χ1n) is 9.20. The van der Waals surface area contributed by atoms with Gasteiger partial charge in [-0.15, -0.1) is 11.3 Å². The van der Waals surface area contributed by atoms with E-state index in [1.807, 2.05) is 0 Å². The molecule has 0 bridgehead atoms. The maximum atomic E-state index is 14.8. The average molecular weight is 526 g/mol. The number of benzene rings is 1. The standard InChI is InChI=1S/C19H16ClF4N3O4S2/c20-15-3-4-16(32-15)33(29,30)27(14(17(25)28)5-6-19(22,23)24)10-12-2-1-11(9-13(12)21)18-26-7-8-31-18/h1-4,7-9,14H,5-6,10H2,(H2,25,28)/t14-/m1/s1. The van der Waals surface area contributed by atoms with Gasteiger partial charge in [0.1, 0.15) is 22.3 Å². The lowest BCUT2D eigenvalue weighted by Gasteiger charge is -2.29. The monoisotopic (exact) mass is 525 g/mol. The van der Waals surface area contributed by atoms with E-state index in [2.05, 4.69) is 4.98 Å². The minimum absolute atomic E-state index is 0.0981. The van der Waals surface area contributed by atoms with Gasteiger partial charge in [0.15, 0.2) is 0 Å². The number of carbonyl (C=O) groups excluding carboxylic acids is 1. The van der Waals surface area contributed by atoms with Gasteiger partial charge >= 0.3 is 6.18 Å². The fourth-order valence-corrected chi connectivity index (χ4v) is 6.20. The summed E-state index contributed by atoms with van der Waals surface area (Å²) in [5, 5.41) is 0. The van der Waals surface area contributed by atoms with Crippen LogP contribution in [-0.4, -0.2) is 35.8 Å². The van der Waals surface area contributed by atoms with Crippen LogP contribution in [0.2, 0.25) is 4.34 Å². The largest absolute Gasteiger partial charge is 0.445 e. The summed E-state index contributed by atoms with van der Waals surface area (Å²) in [5.41, 5.74) is 5.33. The van der Waals surface area contributed by atoms with E-state index in [9.17, 15) is 30.8 Å². The number of hydrogen-bond donors (Lipinski definition) is 1. The zero-order valence-corrected chi connectivity index (χ0v) is 18.9. The van der Waals surface area contributed by atoms with Crippen molar-refractivity contribution in [2.45, 2.75) is 35.8 Å². The number of alkyl halides is 3. The Morgan fingerprint density at radius 3 is 2.52 bits per heavy atom. The molecule has 2 N–H and O–H groups in total. The first kappa shape index (κ1) is 25.1. The Balaban J connectivity index is 2.02. The second kappa shape index (κ2) is 9.79. The Hall–Kier alpha value is -2.48. The second-order valence-electron chi connectivity index (χ2n) is 6.82. The number of carbonyl (C=O) groups is 1. The molecule has 1 aromatic carbocycles. The van der Waals surface area contributed by atoms with E-state index < -0.39 is 53.4 Å². The molecule has 0 spiro atoms. The SMILES string of the molecule is NC(=O)[C@@H](CCC(F)(F)F)N(Cc1ccc(-c2ncco2)cc1F)S(=O)(=O)c1ccc(Cl)s1. The van der Waals surface area contributed by atoms with E-state index in [1.165, 1.54) is 30.7 Å². The van der Waals surface area contributed by atoms with Crippen molar-refractivity contribution in [3.05, 3.63) is 58.5 Å². The van der Waals surface area contributed by atoms with Crippen LogP contribution in [0.15, 0.2) is 51.4 Å². The molecule has 14 heteroatoms. The van der Waals surface area contributed by atoms with Gasteiger partial charge in [0.05, 0.1) is 10.5 Å². The van der Waals surface area contributed by atoms with E-state index >= 15 is 0 Å². The van der Waals surface area contributed by atoms with Crippen molar-refractivity contribution < 1.29 is 35.2 Å². The van der Waals surface area contributed by atoms with Crippen LogP contribution in [0.4, 0.5) is 17.6 Å². The molecule has 3 aromatic rings. The highest BCUT2D eigenvalue weighted by atomic mass is 35.5. The summed E-state index contributed by atoms with van der Waals surface area (Å²) in [5.74, 6) is -2.07. The summed E-state index contributed by atoms with van der Waals surface area (Å²) in [4.78, 5) is 15.9. The second-order valence-corrected chi connectivity index (χ2v) is 10.7. The lowest BCUT2D eigenvalue weighted by Crippen LogP contribution is -2.47. The fourth-order valence-electron chi connectivity index (χ4n) is 2.99. The van der Waals surface area contributed by atoms with Crippen LogP contribution in [0.3, 0.4) is 0 Å². The lowest BCUT2D eigenvalue weighted by atomic mass is 10.1. The predicted octanol–water partition coefficient (Wildman–Crippen LogP) is 4.58. The number of oxazole rings is 1. The topological polar surface area (TPSA) is 106 Å². The van der Waals surface area contributed by atoms with E-state index in [0.29, 0.717) is 15.6 Å². The van der Waals surface area contributed by atoms with Crippen molar-refractivity contribution in [1.82, 2.24) is 9.29 Å². The molecule has 0 unspecified atom stereocenters. The molecule has 7 nitrogen and oxygen atoms in total. The number of halogens is 5. The number of sulfonamides is 1. The molecular formula is C19H16ClF4N3O4S2. The average Bonchev–Trinajstić information content (AvgIpc) is 3.39. The number of primary amides is 1. The number of aromatic nitrogens is 1. The van der Waals surface area contributed by atoms with E-state index in [1.54, 1.807) is 0 Å². The normalized spacial score (nSPS) is 13.4. The van der Waals surface area contributed by atoms with Gasteiger partial charge in [0.25, 0.3) is 10.0 Å². The highest BCUT2D eigenvalue weighted by Gasteiger charge is 2.39. The minimum atomic E-state index is -4.67. The zero-order valence-electron chi connectivity index (χ0n) is 16.6. The van der Waals surface area contributed by atoms with Gasteiger partial charge in [-0.05, 0) is 30.7 Å². The molecule has 0 aliphatic rings. The quantitative estimate of drug-likeness (QED) is 0.411. The molecule has 178 valence electrons. The molecular weight excluding hydrogens is 510 g/mol. The highest BCUT2D eigenvalue weighted by molar-refractivity contribution is 7.91. The molecule has 33 heavy (non-hydrogen) atoms. The molecule has 1 amide bonds. The molecule has 0 aliphatic carbocycles. The Labute approximate surface area is 194 Å². The summed E-state index contributed by atoms with van der Waals surface area (Å²) in [7, 11) is -4.56. The number of thiophene rings is 1. The summed E-state index contributed by atoms with van der Waals surface area (Å²) < 4.78 is 85.1. The third kappa shape index (κ3) is 6.10. The summed E-state index contributed by atoms with van der Waals surface area (Å²) in [6.07, 6.45) is -4.45. The molecule has 0 fully saturated rings. The maximum Gasteiger partial charge on any atom is 0.389 e. The molecule has 0 saturated heterocycles. The number of nitrogens with zero attached hydrogens (tertiary/aromatic N) is 2. The van der Waals surface area contributed by atoms with Crippen LogP contribution in [-0.2, 0) is 21.4 Å². The van der Waals surface area contributed by atoms with E-state index in [4.69, 9.17) is 21.8 Å². The Morgan fingerprint density at radius 2 is 2.00 bits per heavy atom. The van der Waals surface area contributed by atoms with Gasteiger partial charge in [0, 0.05) is 24.1 Å². The van der Waals surface area contributed by atoms with Crippen LogP contribution in [0.1, 0.15) is 18.4 Å². The number of nitrogens with two attached hydrogens (primary N) is 1. The van der Waals surface area contributed by atoms with E-state index in [0.717, 1.165) is 12.1 Å². The molecule has 2 aromatic heterocycles. The van der Waals surface area contributed by atoms with Crippen molar-refractivity contribution in [1.29, 1.82) is 0 Å². The Bertz CT molecular complexity index is 1230. The van der Waals surface area contributed by atoms with Crippen molar-refractivity contribution >= 4 is 38.9 Å².